The molecular formula is C19H19N5O2. The van der Waals surface area contributed by atoms with Crippen LogP contribution in [0.5, 0.6) is 5.75 Å². The smallest absolute Gasteiger partial charge is 0.410 e. The standard InChI is InChI=1S/C19H19N5O2/c25-19(26-17-4-3-15-2-1-6-21-18(15)12-17)24-10-8-23(9-11-24)13-16-5-7-20-14-22-16/h1-7,12,14H,8-11,13H2. The number of carbonyl (C=O) groups excluding carboxylic acids is 1. The predicted molar refractivity (Wildman–Crippen MR) is 96.6 cm³/mol. The van der Waals surface area contributed by atoms with Crippen LogP contribution < -0.4 is 4.74 Å². The highest BCUT2D eigenvalue weighted by Gasteiger charge is 2.23. The van der Waals surface area contributed by atoms with Crippen LogP contribution in [0.15, 0.2) is 55.1 Å². The lowest BCUT2D eigenvalue weighted by atomic mass is 10.2. The number of fused-ring (bicyclic) bond motifs is 1. The van der Waals surface area contributed by atoms with Gasteiger partial charge in [0.25, 0.3) is 0 Å². The van der Waals surface area contributed by atoms with E-state index >= 15 is 0 Å². The molecule has 1 saturated heterocycles. The number of hydrogen-bond donors (Lipinski definition) is 0. The molecule has 132 valence electrons. The Morgan fingerprint density at radius 2 is 1.92 bits per heavy atom. The van der Waals surface area contributed by atoms with Crippen molar-refractivity contribution in [1.29, 1.82) is 0 Å². The van der Waals surface area contributed by atoms with E-state index in [9.17, 15) is 4.79 Å². The molecule has 7 heteroatoms. The Balaban J connectivity index is 1.33. The summed E-state index contributed by atoms with van der Waals surface area (Å²) >= 11 is 0. The highest BCUT2D eigenvalue weighted by Crippen LogP contribution is 2.19. The van der Waals surface area contributed by atoms with Crippen LogP contribution in [0.25, 0.3) is 10.9 Å². The van der Waals surface area contributed by atoms with Gasteiger partial charge in [-0.05, 0) is 24.3 Å². The maximum Gasteiger partial charge on any atom is 0.415 e. The van der Waals surface area contributed by atoms with Gasteiger partial charge in [-0.2, -0.15) is 0 Å². The molecule has 26 heavy (non-hydrogen) atoms. The van der Waals surface area contributed by atoms with Gasteiger partial charge in [-0.3, -0.25) is 9.88 Å². The Hall–Kier alpha value is -3.06. The fourth-order valence-electron chi connectivity index (χ4n) is 3.00. The number of benzene rings is 1. The van der Waals surface area contributed by atoms with Crippen LogP contribution in [0, 0.1) is 0 Å². The molecule has 0 bridgehead atoms. The van der Waals surface area contributed by atoms with Crippen molar-refractivity contribution in [3.8, 4) is 5.75 Å². The number of ether oxygens (including phenoxy) is 1. The summed E-state index contributed by atoms with van der Waals surface area (Å²) in [4.78, 5) is 28.9. The zero-order valence-corrected chi connectivity index (χ0v) is 14.3. The van der Waals surface area contributed by atoms with Gasteiger partial charge in [0.2, 0.25) is 0 Å². The third kappa shape index (κ3) is 3.78. The largest absolute Gasteiger partial charge is 0.415 e. The van der Waals surface area contributed by atoms with Gasteiger partial charge < -0.3 is 9.64 Å². The normalized spacial score (nSPS) is 15.2. The van der Waals surface area contributed by atoms with E-state index in [1.54, 1.807) is 35.8 Å². The minimum atomic E-state index is -0.318. The average Bonchev–Trinajstić information content (AvgIpc) is 2.69. The van der Waals surface area contributed by atoms with Gasteiger partial charge in [0.1, 0.15) is 12.1 Å². The third-order valence-electron chi connectivity index (χ3n) is 4.44. The van der Waals surface area contributed by atoms with Crippen LogP contribution in [-0.4, -0.2) is 57.0 Å². The van der Waals surface area contributed by atoms with Crippen molar-refractivity contribution in [3.05, 3.63) is 60.8 Å². The molecule has 0 aliphatic carbocycles. The van der Waals surface area contributed by atoms with Gasteiger partial charge in [0.15, 0.2) is 0 Å². The van der Waals surface area contributed by atoms with Gasteiger partial charge in [-0.25, -0.2) is 14.8 Å². The molecule has 3 heterocycles. The number of rotatable bonds is 3. The van der Waals surface area contributed by atoms with Crippen molar-refractivity contribution in [1.82, 2.24) is 24.8 Å². The van der Waals surface area contributed by atoms with E-state index in [0.29, 0.717) is 18.8 Å². The van der Waals surface area contributed by atoms with Crippen LogP contribution in [0.4, 0.5) is 4.79 Å². The van der Waals surface area contributed by atoms with Crippen LogP contribution in [0.3, 0.4) is 0 Å². The van der Waals surface area contributed by atoms with Crippen LogP contribution in [0.1, 0.15) is 5.69 Å². The van der Waals surface area contributed by atoms with E-state index in [1.165, 1.54) is 0 Å². The maximum atomic E-state index is 12.4. The van der Waals surface area contributed by atoms with Gasteiger partial charge in [0, 0.05) is 56.6 Å². The molecule has 0 N–H and O–H groups in total. The van der Waals surface area contributed by atoms with E-state index < -0.39 is 0 Å². The highest BCUT2D eigenvalue weighted by molar-refractivity contribution is 5.81. The molecule has 4 rings (SSSR count). The monoisotopic (exact) mass is 349 g/mol. The molecule has 2 aromatic heterocycles. The molecule has 1 aromatic carbocycles. The van der Waals surface area contributed by atoms with Crippen molar-refractivity contribution in [2.24, 2.45) is 0 Å². The molecule has 1 aliphatic heterocycles. The molecule has 1 fully saturated rings. The quantitative estimate of drug-likeness (QED) is 0.723. The Morgan fingerprint density at radius 3 is 2.73 bits per heavy atom. The van der Waals surface area contributed by atoms with E-state index in [-0.39, 0.29) is 6.09 Å². The second kappa shape index (κ2) is 7.45. The van der Waals surface area contributed by atoms with Crippen LogP contribution >= 0.6 is 0 Å². The third-order valence-corrected chi connectivity index (χ3v) is 4.44. The second-order valence-electron chi connectivity index (χ2n) is 6.19. The summed E-state index contributed by atoms with van der Waals surface area (Å²) in [6, 6.07) is 11.3. The number of piperazine rings is 1. The lowest BCUT2D eigenvalue weighted by Crippen LogP contribution is -2.49. The van der Waals surface area contributed by atoms with Crippen molar-refractivity contribution in [3.63, 3.8) is 0 Å². The molecule has 3 aromatic rings. The molecule has 0 saturated carbocycles. The number of carbonyl (C=O) groups is 1. The van der Waals surface area contributed by atoms with Crippen LogP contribution in [-0.2, 0) is 6.54 Å². The van der Waals surface area contributed by atoms with E-state index in [4.69, 9.17) is 4.74 Å². The first-order chi connectivity index (χ1) is 12.8. The molecule has 1 aliphatic rings. The zero-order chi connectivity index (χ0) is 17.8. The topological polar surface area (TPSA) is 71.5 Å². The number of amides is 1. The summed E-state index contributed by atoms with van der Waals surface area (Å²) in [6.07, 6.45) is 4.71. The molecular weight excluding hydrogens is 330 g/mol. The summed E-state index contributed by atoms with van der Waals surface area (Å²) in [6.45, 7) is 3.62. The van der Waals surface area contributed by atoms with Crippen molar-refractivity contribution in [2.75, 3.05) is 26.2 Å². The average molecular weight is 349 g/mol. The molecule has 1 amide bonds. The minimum absolute atomic E-state index is 0.318. The van der Waals surface area contributed by atoms with Crippen molar-refractivity contribution >= 4 is 17.0 Å². The summed E-state index contributed by atoms with van der Waals surface area (Å²) in [5, 5.41) is 1.02. The van der Waals surface area contributed by atoms with E-state index in [2.05, 4.69) is 19.9 Å². The predicted octanol–water partition coefficient (Wildman–Crippen LogP) is 2.34. The first kappa shape index (κ1) is 16.4. The fraction of sp³-hybridized carbons (Fsp3) is 0.263. The number of hydrogen-bond acceptors (Lipinski definition) is 6. The lowest BCUT2D eigenvalue weighted by molar-refractivity contribution is 0.107. The minimum Gasteiger partial charge on any atom is -0.410 e. The first-order valence-corrected chi connectivity index (χ1v) is 8.57. The Labute approximate surface area is 151 Å². The summed E-state index contributed by atoms with van der Waals surface area (Å²) in [7, 11) is 0. The first-order valence-electron chi connectivity index (χ1n) is 8.57. The SMILES string of the molecule is O=C(Oc1ccc2cccnc2c1)N1CCN(Cc2ccncn2)CC1. The number of aromatic nitrogens is 3. The Bertz CT molecular complexity index is 895. The van der Waals surface area contributed by atoms with Crippen LogP contribution in [0.2, 0.25) is 0 Å². The van der Waals surface area contributed by atoms with Gasteiger partial charge in [-0.15, -0.1) is 0 Å². The van der Waals surface area contributed by atoms with Crippen molar-refractivity contribution < 1.29 is 9.53 Å². The zero-order valence-electron chi connectivity index (χ0n) is 14.3. The van der Waals surface area contributed by atoms with Gasteiger partial charge in [-0.1, -0.05) is 6.07 Å². The number of pyridine rings is 1. The molecule has 0 radical (unpaired) electrons. The maximum absolute atomic E-state index is 12.4. The molecule has 7 nitrogen and oxygen atoms in total. The second-order valence-corrected chi connectivity index (χ2v) is 6.19. The molecule has 0 spiro atoms. The molecule has 0 atom stereocenters. The fourth-order valence-corrected chi connectivity index (χ4v) is 3.00. The summed E-state index contributed by atoms with van der Waals surface area (Å²) in [5.74, 6) is 0.518. The lowest BCUT2D eigenvalue weighted by Gasteiger charge is -2.33. The summed E-state index contributed by atoms with van der Waals surface area (Å²) in [5.41, 5.74) is 1.80. The molecule has 0 unspecified atom stereocenters. The Morgan fingerprint density at radius 1 is 1.04 bits per heavy atom. The van der Waals surface area contributed by atoms with E-state index in [0.717, 1.165) is 36.2 Å². The van der Waals surface area contributed by atoms with E-state index in [1.807, 2.05) is 24.3 Å². The van der Waals surface area contributed by atoms with Gasteiger partial charge in [0.05, 0.1) is 11.2 Å². The number of nitrogens with zero attached hydrogens (tertiary/aromatic N) is 5. The highest BCUT2D eigenvalue weighted by atomic mass is 16.6. The Kier molecular flexibility index (Phi) is 4.70. The summed E-state index contributed by atoms with van der Waals surface area (Å²) < 4.78 is 5.52. The van der Waals surface area contributed by atoms with Crippen molar-refractivity contribution in [2.45, 2.75) is 6.54 Å². The van der Waals surface area contributed by atoms with Gasteiger partial charge >= 0.3 is 6.09 Å².